The first-order valence-electron chi connectivity index (χ1n) is 14.3. The molecule has 0 radical (unpaired) electrons. The third-order valence-corrected chi connectivity index (χ3v) is 5.81. The van der Waals surface area contributed by atoms with Crippen LogP contribution in [0.5, 0.6) is 0 Å². The molecule has 0 aliphatic heterocycles. The van der Waals surface area contributed by atoms with E-state index in [1.54, 1.807) is 0 Å². The summed E-state index contributed by atoms with van der Waals surface area (Å²) in [6.07, 6.45) is 19.6. The number of hydrogen-bond donors (Lipinski definition) is 0. The van der Waals surface area contributed by atoms with Crippen molar-refractivity contribution in [2.45, 2.75) is 103 Å². The smallest absolute Gasteiger partial charge is 0.307 e. The molecule has 0 fully saturated rings. The average molecular weight is 505 g/mol. The third kappa shape index (κ3) is 31.2. The van der Waals surface area contributed by atoms with E-state index in [2.05, 4.69) is 11.7 Å². The van der Waals surface area contributed by atoms with Crippen LogP contribution < -0.4 is 0 Å². The van der Waals surface area contributed by atoms with Gasteiger partial charge in [-0.15, -0.1) is 0 Å². The predicted molar refractivity (Wildman–Crippen MR) is 141 cm³/mol. The molecule has 0 N–H and O–H groups in total. The largest absolute Gasteiger partial charge is 0.469 e. The molecule has 0 amide bonds. The zero-order valence-corrected chi connectivity index (χ0v) is 23.0. The van der Waals surface area contributed by atoms with Gasteiger partial charge in [-0.25, -0.2) is 0 Å². The lowest BCUT2D eigenvalue weighted by molar-refractivity contribution is -0.141. The molecule has 0 aromatic carbocycles. The maximum Gasteiger partial charge on any atom is 0.307 e. The number of carbonyl (C=O) groups excluding carboxylic acids is 1. The zero-order valence-electron chi connectivity index (χ0n) is 23.0. The molecule has 0 aliphatic rings. The molecular formula is C28H56O7. The van der Waals surface area contributed by atoms with E-state index in [0.29, 0.717) is 59.5 Å². The summed E-state index contributed by atoms with van der Waals surface area (Å²) in [6, 6.07) is 0. The van der Waals surface area contributed by atoms with Crippen molar-refractivity contribution in [3.05, 3.63) is 0 Å². The van der Waals surface area contributed by atoms with Crippen LogP contribution in [0.25, 0.3) is 0 Å². The molecule has 0 bridgehead atoms. The standard InChI is InChI=1S/C28H56O7/c1-3-4-5-6-7-8-9-10-11-12-13-14-15-16-18-31-20-22-33-24-26-35-27-25-34-23-21-32-19-17-28(29)30-2/h3-27H2,1-2H3. The second kappa shape index (κ2) is 31.3. The normalized spacial score (nSPS) is 11.3. The van der Waals surface area contributed by atoms with Gasteiger partial charge in [-0.2, -0.15) is 0 Å². The highest BCUT2D eigenvalue weighted by Gasteiger charge is 1.99. The van der Waals surface area contributed by atoms with Crippen molar-refractivity contribution in [3.63, 3.8) is 0 Å². The van der Waals surface area contributed by atoms with E-state index in [0.717, 1.165) is 13.0 Å². The van der Waals surface area contributed by atoms with Crippen LogP contribution in [-0.2, 0) is 33.2 Å². The van der Waals surface area contributed by atoms with E-state index >= 15 is 0 Å². The van der Waals surface area contributed by atoms with E-state index < -0.39 is 0 Å². The minimum absolute atomic E-state index is 0.266. The quantitative estimate of drug-likeness (QED) is 0.0862. The number of rotatable bonds is 30. The van der Waals surface area contributed by atoms with Crippen LogP contribution in [0.1, 0.15) is 103 Å². The highest BCUT2D eigenvalue weighted by Crippen LogP contribution is 2.12. The Balaban J connectivity index is 3.02. The molecular weight excluding hydrogens is 448 g/mol. The number of hydrogen-bond acceptors (Lipinski definition) is 7. The monoisotopic (exact) mass is 504 g/mol. The number of carbonyl (C=O) groups is 1. The number of ether oxygens (including phenoxy) is 6. The predicted octanol–water partition coefficient (Wildman–Crippen LogP) is 6.11. The topological polar surface area (TPSA) is 72.5 Å². The molecule has 0 aromatic rings. The second-order valence-electron chi connectivity index (χ2n) is 8.98. The minimum Gasteiger partial charge on any atom is -0.469 e. The molecule has 0 saturated heterocycles. The van der Waals surface area contributed by atoms with Gasteiger partial charge in [0.2, 0.25) is 0 Å². The number of methoxy groups -OCH3 is 1. The summed E-state index contributed by atoms with van der Waals surface area (Å²) in [4.78, 5) is 10.9. The Labute approximate surface area is 215 Å². The lowest BCUT2D eigenvalue weighted by Gasteiger charge is -2.08. The molecule has 7 heteroatoms. The summed E-state index contributed by atoms with van der Waals surface area (Å²) < 4.78 is 31.8. The van der Waals surface area contributed by atoms with Crippen LogP contribution >= 0.6 is 0 Å². The molecule has 0 aliphatic carbocycles. The van der Waals surface area contributed by atoms with Gasteiger partial charge in [0.15, 0.2) is 0 Å². The Morgan fingerprint density at radius 2 is 0.743 bits per heavy atom. The van der Waals surface area contributed by atoms with Crippen molar-refractivity contribution in [2.24, 2.45) is 0 Å². The fourth-order valence-corrected chi connectivity index (χ4v) is 3.64. The highest BCUT2D eigenvalue weighted by molar-refractivity contribution is 5.69. The van der Waals surface area contributed by atoms with E-state index in [-0.39, 0.29) is 12.4 Å². The van der Waals surface area contributed by atoms with Gasteiger partial charge in [0, 0.05) is 6.61 Å². The Morgan fingerprint density at radius 3 is 1.11 bits per heavy atom. The summed E-state index contributed by atoms with van der Waals surface area (Å²) in [6.45, 7) is 7.84. The van der Waals surface area contributed by atoms with Crippen molar-refractivity contribution in [1.82, 2.24) is 0 Å². The van der Waals surface area contributed by atoms with Gasteiger partial charge >= 0.3 is 5.97 Å². The van der Waals surface area contributed by atoms with Crippen LogP contribution in [-0.4, -0.2) is 79.1 Å². The maximum atomic E-state index is 10.9. The molecule has 0 saturated carbocycles. The Hall–Kier alpha value is -0.730. The summed E-state index contributed by atoms with van der Waals surface area (Å²) in [7, 11) is 1.37. The maximum absolute atomic E-state index is 10.9. The SMILES string of the molecule is CCCCCCCCCCCCCCCCOCCOCCOCCOCCOCCC(=O)OC. The van der Waals surface area contributed by atoms with Crippen LogP contribution in [0.4, 0.5) is 0 Å². The lowest BCUT2D eigenvalue weighted by atomic mass is 10.0. The average Bonchev–Trinajstić information content (AvgIpc) is 2.87. The van der Waals surface area contributed by atoms with Gasteiger partial charge in [-0.1, -0.05) is 90.4 Å². The van der Waals surface area contributed by atoms with Crippen molar-refractivity contribution in [3.8, 4) is 0 Å². The summed E-state index contributed by atoms with van der Waals surface area (Å²) in [5, 5.41) is 0. The number of esters is 1. The first-order valence-corrected chi connectivity index (χ1v) is 14.3. The first kappa shape index (κ1) is 34.3. The van der Waals surface area contributed by atoms with Crippen molar-refractivity contribution < 1.29 is 33.2 Å². The highest BCUT2D eigenvalue weighted by atomic mass is 16.6. The van der Waals surface area contributed by atoms with Crippen molar-refractivity contribution in [1.29, 1.82) is 0 Å². The second-order valence-corrected chi connectivity index (χ2v) is 8.98. The van der Waals surface area contributed by atoms with Crippen molar-refractivity contribution >= 4 is 5.97 Å². The molecule has 0 atom stereocenters. The number of unbranched alkanes of at least 4 members (excludes halogenated alkanes) is 13. The molecule has 0 heterocycles. The van der Waals surface area contributed by atoms with E-state index in [9.17, 15) is 4.79 Å². The Morgan fingerprint density at radius 1 is 0.429 bits per heavy atom. The van der Waals surface area contributed by atoms with Crippen LogP contribution in [0.15, 0.2) is 0 Å². The lowest BCUT2D eigenvalue weighted by Crippen LogP contribution is -2.14. The minimum atomic E-state index is -0.266. The van der Waals surface area contributed by atoms with Gasteiger partial charge in [0.05, 0.1) is 73.0 Å². The molecule has 0 unspecified atom stereocenters. The van der Waals surface area contributed by atoms with Crippen LogP contribution in [0.2, 0.25) is 0 Å². The fraction of sp³-hybridized carbons (Fsp3) is 0.964. The van der Waals surface area contributed by atoms with Gasteiger partial charge < -0.3 is 28.4 Å². The van der Waals surface area contributed by atoms with Gasteiger partial charge in [0.1, 0.15) is 0 Å². The molecule has 0 aromatic heterocycles. The zero-order chi connectivity index (χ0) is 25.5. The molecule has 35 heavy (non-hydrogen) atoms. The fourth-order valence-electron chi connectivity index (χ4n) is 3.64. The van der Waals surface area contributed by atoms with Crippen molar-refractivity contribution in [2.75, 3.05) is 73.2 Å². The molecule has 0 rings (SSSR count). The summed E-state index contributed by atoms with van der Waals surface area (Å²) >= 11 is 0. The molecule has 0 spiro atoms. The third-order valence-electron chi connectivity index (χ3n) is 5.81. The molecule has 210 valence electrons. The van der Waals surface area contributed by atoms with Gasteiger partial charge in [-0.05, 0) is 6.42 Å². The Kier molecular flexibility index (Phi) is 30.6. The first-order chi connectivity index (χ1) is 17.3. The summed E-state index contributed by atoms with van der Waals surface area (Å²) in [5.41, 5.74) is 0. The van der Waals surface area contributed by atoms with Gasteiger partial charge in [0.25, 0.3) is 0 Å². The molecule has 7 nitrogen and oxygen atoms in total. The van der Waals surface area contributed by atoms with Crippen LogP contribution in [0.3, 0.4) is 0 Å². The van der Waals surface area contributed by atoms with Gasteiger partial charge in [-0.3, -0.25) is 4.79 Å². The van der Waals surface area contributed by atoms with E-state index in [1.807, 2.05) is 0 Å². The Bertz CT molecular complexity index is 407. The van der Waals surface area contributed by atoms with E-state index in [1.165, 1.54) is 90.6 Å². The summed E-state index contributed by atoms with van der Waals surface area (Å²) in [5.74, 6) is -0.266. The van der Waals surface area contributed by atoms with E-state index in [4.69, 9.17) is 23.7 Å². The van der Waals surface area contributed by atoms with Crippen LogP contribution in [0, 0.1) is 0 Å².